The molecule has 0 bridgehead atoms. The van der Waals surface area contributed by atoms with Crippen molar-refractivity contribution in [2.24, 2.45) is 0 Å². The van der Waals surface area contributed by atoms with Gasteiger partial charge in [-0.3, -0.25) is 4.79 Å². The second kappa shape index (κ2) is 5.67. The molecule has 0 saturated heterocycles. The van der Waals surface area contributed by atoms with Gasteiger partial charge in [0, 0.05) is 10.3 Å². The number of hydrogen-bond acceptors (Lipinski definition) is 6. The monoisotopic (exact) mass is 282 g/mol. The molecule has 0 aliphatic rings. The van der Waals surface area contributed by atoms with Crippen LogP contribution in [0.3, 0.4) is 0 Å². The molecule has 0 fully saturated rings. The van der Waals surface area contributed by atoms with Gasteiger partial charge in [-0.15, -0.1) is 11.3 Å². The van der Waals surface area contributed by atoms with E-state index in [1.165, 1.54) is 29.3 Å². The third-order valence-electron chi connectivity index (χ3n) is 2.67. The fraction of sp³-hybridized carbons (Fsp3) is 0.417. The molecule has 4 nitrogen and oxygen atoms in total. The van der Waals surface area contributed by atoms with Gasteiger partial charge in [0.05, 0.1) is 12.9 Å². The molecule has 0 radical (unpaired) electrons. The largest absolute Gasteiger partial charge is 0.468 e. The molecule has 2 heterocycles. The summed E-state index contributed by atoms with van der Waals surface area (Å²) in [6.45, 7) is 4.22. The Bertz CT molecular complexity index is 581. The van der Waals surface area contributed by atoms with Crippen molar-refractivity contribution in [2.75, 3.05) is 12.9 Å². The van der Waals surface area contributed by atoms with Crippen molar-refractivity contribution < 1.29 is 9.53 Å². The highest BCUT2D eigenvalue weighted by atomic mass is 32.2. The van der Waals surface area contributed by atoms with Gasteiger partial charge in [-0.05, 0) is 18.9 Å². The van der Waals surface area contributed by atoms with Crippen LogP contribution in [0.5, 0.6) is 0 Å². The molecule has 0 unspecified atom stereocenters. The van der Waals surface area contributed by atoms with E-state index in [1.807, 2.05) is 0 Å². The van der Waals surface area contributed by atoms with E-state index in [9.17, 15) is 4.79 Å². The molecule has 0 saturated carbocycles. The molecule has 0 aliphatic heterocycles. The zero-order chi connectivity index (χ0) is 13.1. The number of esters is 1. The maximum absolute atomic E-state index is 11.2. The number of fused-ring (bicyclic) bond motifs is 1. The summed E-state index contributed by atoms with van der Waals surface area (Å²) in [5, 5.41) is 1.94. The number of hydrogen-bond donors (Lipinski definition) is 0. The summed E-state index contributed by atoms with van der Waals surface area (Å²) in [5.74, 6) is 0.0367. The van der Waals surface area contributed by atoms with E-state index in [1.54, 1.807) is 17.7 Å². The zero-order valence-electron chi connectivity index (χ0n) is 10.5. The van der Waals surface area contributed by atoms with Gasteiger partial charge in [0.25, 0.3) is 0 Å². The lowest BCUT2D eigenvalue weighted by molar-refractivity contribution is -0.137. The highest BCUT2D eigenvalue weighted by Crippen LogP contribution is 2.35. The van der Waals surface area contributed by atoms with Crippen LogP contribution in [0.1, 0.15) is 17.4 Å². The number of aryl methyl sites for hydroxylation is 2. The molecule has 0 spiro atoms. The fourth-order valence-electron chi connectivity index (χ4n) is 1.72. The molecular formula is C12H14N2O2S2. The van der Waals surface area contributed by atoms with Crippen LogP contribution in [0.15, 0.2) is 11.4 Å². The van der Waals surface area contributed by atoms with Crippen LogP contribution in [0.4, 0.5) is 0 Å². The second-order valence-corrected chi connectivity index (χ2v) is 5.78. The molecule has 0 N–H and O–H groups in total. The third-order valence-corrected chi connectivity index (χ3v) is 4.97. The van der Waals surface area contributed by atoms with Crippen molar-refractivity contribution in [3.05, 3.63) is 16.8 Å². The molecule has 18 heavy (non-hydrogen) atoms. The first-order valence-corrected chi connectivity index (χ1v) is 7.40. The Morgan fingerprint density at radius 3 is 2.94 bits per heavy atom. The number of thioether (sulfide) groups is 1. The molecule has 0 aliphatic carbocycles. The molecule has 6 heteroatoms. The van der Waals surface area contributed by atoms with Gasteiger partial charge in [-0.25, -0.2) is 9.97 Å². The van der Waals surface area contributed by atoms with E-state index in [0.29, 0.717) is 0 Å². The average Bonchev–Trinajstić information content (AvgIpc) is 2.73. The van der Waals surface area contributed by atoms with Gasteiger partial charge in [0.1, 0.15) is 16.2 Å². The lowest BCUT2D eigenvalue weighted by Crippen LogP contribution is -2.03. The van der Waals surface area contributed by atoms with Crippen molar-refractivity contribution in [1.29, 1.82) is 0 Å². The van der Waals surface area contributed by atoms with Crippen LogP contribution in [0.2, 0.25) is 0 Å². The summed E-state index contributed by atoms with van der Waals surface area (Å²) in [6, 6.07) is 0. The minimum atomic E-state index is -0.240. The Kier molecular flexibility index (Phi) is 4.19. The number of rotatable bonds is 4. The second-order valence-electron chi connectivity index (χ2n) is 3.73. The van der Waals surface area contributed by atoms with E-state index in [4.69, 9.17) is 0 Å². The van der Waals surface area contributed by atoms with E-state index in [2.05, 4.69) is 28.6 Å². The Morgan fingerprint density at radius 2 is 2.28 bits per heavy atom. The highest BCUT2D eigenvalue weighted by molar-refractivity contribution is 8.00. The minimum Gasteiger partial charge on any atom is -0.468 e. The normalized spacial score (nSPS) is 10.8. The minimum absolute atomic E-state index is 0.240. The molecule has 2 aromatic heterocycles. The molecule has 2 aromatic rings. The van der Waals surface area contributed by atoms with Crippen LogP contribution in [-0.2, 0) is 16.0 Å². The first-order valence-electron chi connectivity index (χ1n) is 5.60. The van der Waals surface area contributed by atoms with E-state index in [-0.39, 0.29) is 11.7 Å². The Morgan fingerprint density at radius 1 is 1.50 bits per heavy atom. The number of nitrogens with zero attached hydrogens (tertiary/aromatic N) is 2. The first kappa shape index (κ1) is 13.3. The van der Waals surface area contributed by atoms with Crippen molar-refractivity contribution in [1.82, 2.24) is 9.97 Å². The lowest BCUT2D eigenvalue weighted by Gasteiger charge is -2.02. The Labute approximate surface area is 114 Å². The maximum atomic E-state index is 11.2. The highest BCUT2D eigenvalue weighted by Gasteiger charge is 2.14. The summed E-state index contributed by atoms with van der Waals surface area (Å²) in [5.41, 5.74) is 1.23. The number of methoxy groups -OCH3 is 1. The summed E-state index contributed by atoms with van der Waals surface area (Å²) >= 11 is 3.10. The third kappa shape index (κ3) is 2.49. The van der Waals surface area contributed by atoms with Crippen LogP contribution in [0.25, 0.3) is 10.2 Å². The molecule has 0 atom stereocenters. The van der Waals surface area contributed by atoms with Crippen molar-refractivity contribution in [3.8, 4) is 0 Å². The van der Waals surface area contributed by atoms with Gasteiger partial charge < -0.3 is 4.74 Å². The van der Waals surface area contributed by atoms with Gasteiger partial charge in [-0.2, -0.15) is 0 Å². The Hall–Kier alpha value is -1.14. The summed E-state index contributed by atoms with van der Waals surface area (Å²) < 4.78 is 4.64. The summed E-state index contributed by atoms with van der Waals surface area (Å²) in [7, 11) is 1.39. The number of aromatic nitrogens is 2. The fourth-order valence-corrected chi connectivity index (χ4v) is 3.76. The van der Waals surface area contributed by atoms with Crippen molar-refractivity contribution in [2.45, 2.75) is 25.3 Å². The van der Waals surface area contributed by atoms with Gasteiger partial charge in [0.15, 0.2) is 0 Å². The molecule has 96 valence electrons. The average molecular weight is 282 g/mol. The maximum Gasteiger partial charge on any atom is 0.316 e. The van der Waals surface area contributed by atoms with Gasteiger partial charge in [-0.1, -0.05) is 18.7 Å². The Balaban J connectivity index is 2.38. The SMILES string of the molecule is CCc1sc2ncnc(SCC(=O)OC)c2c1C. The van der Waals surface area contributed by atoms with Crippen LogP contribution >= 0.6 is 23.1 Å². The molecular weight excluding hydrogens is 268 g/mol. The van der Waals surface area contributed by atoms with Crippen molar-refractivity contribution in [3.63, 3.8) is 0 Å². The number of thiophene rings is 1. The number of carbonyl (C=O) groups is 1. The van der Waals surface area contributed by atoms with Crippen LogP contribution < -0.4 is 0 Å². The smallest absolute Gasteiger partial charge is 0.316 e. The van der Waals surface area contributed by atoms with E-state index in [0.717, 1.165) is 21.7 Å². The summed E-state index contributed by atoms with van der Waals surface area (Å²) in [4.78, 5) is 22.1. The predicted molar refractivity (Wildman–Crippen MR) is 74.3 cm³/mol. The van der Waals surface area contributed by atoms with Gasteiger partial charge >= 0.3 is 5.97 Å². The van der Waals surface area contributed by atoms with Crippen molar-refractivity contribution >= 4 is 39.3 Å². The van der Waals surface area contributed by atoms with E-state index >= 15 is 0 Å². The standard InChI is InChI=1S/C12H14N2O2S2/c1-4-8-7(2)10-11(17-5-9(15)16-3)13-6-14-12(10)18-8/h6H,4-5H2,1-3H3. The summed E-state index contributed by atoms with van der Waals surface area (Å²) in [6.07, 6.45) is 2.55. The number of ether oxygens (including phenoxy) is 1. The van der Waals surface area contributed by atoms with E-state index < -0.39 is 0 Å². The molecule has 0 amide bonds. The molecule has 0 aromatic carbocycles. The lowest BCUT2D eigenvalue weighted by atomic mass is 10.2. The van der Waals surface area contributed by atoms with Gasteiger partial charge in [0.2, 0.25) is 0 Å². The van der Waals surface area contributed by atoms with Crippen LogP contribution in [-0.4, -0.2) is 28.8 Å². The number of carbonyl (C=O) groups excluding carboxylic acids is 1. The van der Waals surface area contributed by atoms with Crippen LogP contribution in [0, 0.1) is 6.92 Å². The zero-order valence-corrected chi connectivity index (χ0v) is 12.2. The quantitative estimate of drug-likeness (QED) is 0.490. The molecule has 2 rings (SSSR count). The topological polar surface area (TPSA) is 52.1 Å². The first-order chi connectivity index (χ1) is 8.67. The predicted octanol–water partition coefficient (Wildman–Crippen LogP) is 2.83.